The second kappa shape index (κ2) is 2.81. The highest BCUT2D eigenvalue weighted by Crippen LogP contribution is 2.40. The van der Waals surface area contributed by atoms with E-state index in [1.165, 1.54) is 11.1 Å². The van der Waals surface area contributed by atoms with Crippen molar-refractivity contribution in [2.75, 3.05) is 13.2 Å². The lowest BCUT2D eigenvalue weighted by molar-refractivity contribution is -0.00962. The summed E-state index contributed by atoms with van der Waals surface area (Å²) >= 11 is 0. The van der Waals surface area contributed by atoms with Gasteiger partial charge in [0.05, 0.1) is 6.61 Å². The van der Waals surface area contributed by atoms with E-state index in [4.69, 9.17) is 4.74 Å². The fourth-order valence-electron chi connectivity index (χ4n) is 2.57. The number of aryl methyl sites for hydroxylation is 1. The summed E-state index contributed by atoms with van der Waals surface area (Å²) in [6.07, 6.45) is 1.14. The van der Waals surface area contributed by atoms with Crippen molar-refractivity contribution in [1.82, 2.24) is 5.32 Å². The summed E-state index contributed by atoms with van der Waals surface area (Å²) in [5.41, 5.74) is 2.64. The Labute approximate surface area is 84.3 Å². The van der Waals surface area contributed by atoms with Gasteiger partial charge in [-0.05, 0) is 18.9 Å². The Kier molecular flexibility index (Phi) is 1.70. The van der Waals surface area contributed by atoms with E-state index < -0.39 is 0 Å². The van der Waals surface area contributed by atoms with Crippen LogP contribution in [0.4, 0.5) is 0 Å². The van der Waals surface area contributed by atoms with Gasteiger partial charge in [0, 0.05) is 12.6 Å². The number of benzene rings is 1. The smallest absolute Gasteiger partial charge is 0.107 e. The largest absolute Gasteiger partial charge is 0.367 e. The normalized spacial score (nSPS) is 35.1. The van der Waals surface area contributed by atoms with Crippen LogP contribution < -0.4 is 5.32 Å². The standard InChI is InChI=1S/C12H15NO/c1-9-3-2-4-10(5-9)12-6-11(7-14-12)13-8-12/h2-5,11,13H,6-8H2,1H3. The topological polar surface area (TPSA) is 21.3 Å². The Bertz CT molecular complexity index is 353. The molecular weight excluding hydrogens is 174 g/mol. The molecule has 2 unspecified atom stereocenters. The fraction of sp³-hybridized carbons (Fsp3) is 0.500. The van der Waals surface area contributed by atoms with Crippen LogP contribution in [0.2, 0.25) is 0 Å². The molecule has 0 spiro atoms. The summed E-state index contributed by atoms with van der Waals surface area (Å²) in [4.78, 5) is 0. The van der Waals surface area contributed by atoms with Crippen LogP contribution in [0.15, 0.2) is 24.3 Å². The predicted octanol–water partition coefficient (Wildman–Crippen LogP) is 1.58. The molecule has 1 N–H and O–H groups in total. The van der Waals surface area contributed by atoms with E-state index in [1.54, 1.807) is 0 Å². The molecule has 0 radical (unpaired) electrons. The molecule has 2 heterocycles. The van der Waals surface area contributed by atoms with Crippen molar-refractivity contribution < 1.29 is 4.74 Å². The highest BCUT2D eigenvalue weighted by molar-refractivity contribution is 5.30. The monoisotopic (exact) mass is 189 g/mol. The van der Waals surface area contributed by atoms with E-state index in [-0.39, 0.29) is 5.60 Å². The maximum Gasteiger partial charge on any atom is 0.107 e. The molecule has 2 nitrogen and oxygen atoms in total. The number of hydrogen-bond donors (Lipinski definition) is 1. The number of nitrogens with one attached hydrogen (secondary N) is 1. The third kappa shape index (κ3) is 1.11. The third-order valence-corrected chi connectivity index (χ3v) is 3.36. The lowest BCUT2D eigenvalue weighted by atomic mass is 9.92. The van der Waals surface area contributed by atoms with Crippen LogP contribution in [0.25, 0.3) is 0 Å². The van der Waals surface area contributed by atoms with Crippen molar-refractivity contribution in [3.8, 4) is 0 Å². The molecule has 0 aromatic heterocycles. The van der Waals surface area contributed by atoms with Gasteiger partial charge in [-0.2, -0.15) is 0 Å². The van der Waals surface area contributed by atoms with E-state index >= 15 is 0 Å². The molecule has 2 bridgehead atoms. The first kappa shape index (κ1) is 8.45. The van der Waals surface area contributed by atoms with Gasteiger partial charge in [-0.15, -0.1) is 0 Å². The first-order valence-electron chi connectivity index (χ1n) is 5.23. The Hall–Kier alpha value is -0.860. The molecule has 2 aliphatic heterocycles. The average molecular weight is 189 g/mol. The van der Waals surface area contributed by atoms with Crippen LogP contribution in [-0.2, 0) is 10.3 Å². The fourth-order valence-corrected chi connectivity index (χ4v) is 2.57. The minimum Gasteiger partial charge on any atom is -0.367 e. The first-order chi connectivity index (χ1) is 6.78. The summed E-state index contributed by atoms with van der Waals surface area (Å²) in [5, 5.41) is 3.49. The Morgan fingerprint density at radius 1 is 1.50 bits per heavy atom. The van der Waals surface area contributed by atoms with Gasteiger partial charge in [0.2, 0.25) is 0 Å². The van der Waals surface area contributed by atoms with E-state index in [0.717, 1.165) is 19.6 Å². The number of morpholine rings is 1. The molecule has 2 heteroatoms. The van der Waals surface area contributed by atoms with Crippen LogP contribution in [0.5, 0.6) is 0 Å². The van der Waals surface area contributed by atoms with E-state index in [0.29, 0.717) is 6.04 Å². The Balaban J connectivity index is 2.02. The minimum atomic E-state index is -0.0172. The molecule has 2 atom stereocenters. The van der Waals surface area contributed by atoms with Crippen LogP contribution >= 0.6 is 0 Å². The molecular formula is C12H15NO. The molecule has 2 aliphatic rings. The van der Waals surface area contributed by atoms with Crippen molar-refractivity contribution in [1.29, 1.82) is 0 Å². The van der Waals surface area contributed by atoms with E-state index in [2.05, 4.69) is 36.5 Å². The summed E-state index contributed by atoms with van der Waals surface area (Å²) in [6, 6.07) is 9.26. The molecule has 2 fully saturated rings. The molecule has 14 heavy (non-hydrogen) atoms. The van der Waals surface area contributed by atoms with Crippen LogP contribution in [0.3, 0.4) is 0 Å². The number of hydrogen-bond acceptors (Lipinski definition) is 2. The quantitative estimate of drug-likeness (QED) is 0.724. The van der Waals surface area contributed by atoms with Gasteiger partial charge >= 0.3 is 0 Å². The molecule has 0 saturated carbocycles. The second-order valence-corrected chi connectivity index (χ2v) is 4.46. The Morgan fingerprint density at radius 3 is 3.00 bits per heavy atom. The molecule has 74 valence electrons. The van der Waals surface area contributed by atoms with E-state index in [9.17, 15) is 0 Å². The van der Waals surface area contributed by atoms with E-state index in [1.807, 2.05) is 0 Å². The zero-order valence-electron chi connectivity index (χ0n) is 8.42. The maximum absolute atomic E-state index is 5.92. The SMILES string of the molecule is Cc1cccc(C23CNC(CO2)C3)c1. The maximum atomic E-state index is 5.92. The number of ether oxygens (including phenoxy) is 1. The lowest BCUT2D eigenvalue weighted by Gasteiger charge is -2.27. The summed E-state index contributed by atoms with van der Waals surface area (Å²) in [6.45, 7) is 3.98. The molecule has 2 saturated heterocycles. The second-order valence-electron chi connectivity index (χ2n) is 4.46. The van der Waals surface area contributed by atoms with Gasteiger partial charge in [0.25, 0.3) is 0 Å². The molecule has 0 aliphatic carbocycles. The van der Waals surface area contributed by atoms with Crippen LogP contribution in [0, 0.1) is 6.92 Å². The average Bonchev–Trinajstić information content (AvgIpc) is 2.78. The van der Waals surface area contributed by atoms with Crippen LogP contribution in [-0.4, -0.2) is 19.2 Å². The van der Waals surface area contributed by atoms with Gasteiger partial charge < -0.3 is 10.1 Å². The zero-order valence-corrected chi connectivity index (χ0v) is 8.42. The molecule has 1 aromatic carbocycles. The first-order valence-corrected chi connectivity index (χ1v) is 5.23. The summed E-state index contributed by atoms with van der Waals surface area (Å²) in [5.74, 6) is 0. The highest BCUT2D eigenvalue weighted by Gasteiger charge is 2.47. The number of rotatable bonds is 1. The summed E-state index contributed by atoms with van der Waals surface area (Å²) in [7, 11) is 0. The zero-order chi connectivity index (χ0) is 9.60. The van der Waals surface area contributed by atoms with Crippen molar-refractivity contribution >= 4 is 0 Å². The van der Waals surface area contributed by atoms with Gasteiger partial charge in [0.1, 0.15) is 5.60 Å². The highest BCUT2D eigenvalue weighted by atomic mass is 16.5. The minimum absolute atomic E-state index is 0.0172. The molecule has 0 amide bonds. The molecule has 1 aromatic rings. The molecule has 3 rings (SSSR count). The van der Waals surface area contributed by atoms with Crippen molar-refractivity contribution in [3.63, 3.8) is 0 Å². The lowest BCUT2D eigenvalue weighted by Crippen LogP contribution is -2.37. The van der Waals surface area contributed by atoms with Gasteiger partial charge in [0.15, 0.2) is 0 Å². The number of fused-ring (bicyclic) bond motifs is 2. The van der Waals surface area contributed by atoms with Crippen molar-refractivity contribution in [2.24, 2.45) is 0 Å². The summed E-state index contributed by atoms with van der Waals surface area (Å²) < 4.78 is 5.92. The van der Waals surface area contributed by atoms with Crippen molar-refractivity contribution in [3.05, 3.63) is 35.4 Å². The van der Waals surface area contributed by atoms with Gasteiger partial charge in [-0.25, -0.2) is 0 Å². The predicted molar refractivity (Wildman–Crippen MR) is 55.2 cm³/mol. The third-order valence-electron chi connectivity index (χ3n) is 3.36. The van der Waals surface area contributed by atoms with Crippen LogP contribution in [0.1, 0.15) is 17.5 Å². The van der Waals surface area contributed by atoms with Gasteiger partial charge in [-0.3, -0.25) is 0 Å². The van der Waals surface area contributed by atoms with Crippen molar-refractivity contribution in [2.45, 2.75) is 25.0 Å². The Morgan fingerprint density at radius 2 is 2.43 bits per heavy atom. The van der Waals surface area contributed by atoms with Gasteiger partial charge in [-0.1, -0.05) is 29.8 Å².